The third kappa shape index (κ3) is 7.06. The van der Waals surface area contributed by atoms with Gasteiger partial charge in [-0.1, -0.05) is 13.3 Å². The van der Waals surface area contributed by atoms with Crippen LogP contribution in [-0.4, -0.2) is 59.7 Å². The normalized spacial score (nSPS) is 17.0. The van der Waals surface area contributed by atoms with Gasteiger partial charge in [-0.15, -0.1) is 0 Å². The summed E-state index contributed by atoms with van der Waals surface area (Å²) >= 11 is 0. The van der Waals surface area contributed by atoms with Crippen LogP contribution < -0.4 is 10.6 Å². The molecular weight excluding hydrogens is 312 g/mol. The van der Waals surface area contributed by atoms with Gasteiger partial charge < -0.3 is 20.1 Å². The van der Waals surface area contributed by atoms with Crippen molar-refractivity contribution in [2.45, 2.75) is 65.0 Å². The topological polar surface area (TPSA) is 57.5 Å². The lowest BCUT2D eigenvalue weighted by Gasteiger charge is -2.33. The highest BCUT2D eigenvalue weighted by atomic mass is 15.2. The predicted octanol–water partition coefficient (Wildman–Crippen LogP) is 2.40. The Morgan fingerprint density at radius 3 is 2.68 bits per heavy atom. The fourth-order valence-corrected chi connectivity index (χ4v) is 3.32. The molecule has 0 amide bonds. The van der Waals surface area contributed by atoms with E-state index in [1.54, 1.807) is 0 Å². The van der Waals surface area contributed by atoms with E-state index in [2.05, 4.69) is 50.1 Å². The number of guanidine groups is 1. The lowest BCUT2D eigenvalue weighted by atomic mass is 10.0. The average molecular weight is 349 g/mol. The van der Waals surface area contributed by atoms with Crippen molar-refractivity contribution in [3.8, 4) is 0 Å². The maximum Gasteiger partial charge on any atom is 0.191 e. The molecule has 1 aromatic heterocycles. The van der Waals surface area contributed by atoms with E-state index < -0.39 is 0 Å². The molecule has 1 aromatic rings. The van der Waals surface area contributed by atoms with Gasteiger partial charge in [0.05, 0.1) is 0 Å². The molecule has 2 N–H and O–H groups in total. The van der Waals surface area contributed by atoms with E-state index >= 15 is 0 Å². The Labute approximate surface area is 153 Å². The van der Waals surface area contributed by atoms with Crippen molar-refractivity contribution in [2.24, 2.45) is 4.99 Å². The standard InChI is InChI=1S/C19H36N6/c1-4-5-12-24-14-8-18(9-15-24)23-19(20-3)22-10-6-7-13-25-16-11-21-17(25)2/h11,16,18H,4-10,12-15H2,1-3H3,(H2,20,22,23). The molecule has 6 heteroatoms. The summed E-state index contributed by atoms with van der Waals surface area (Å²) in [5.41, 5.74) is 0. The van der Waals surface area contributed by atoms with Gasteiger partial charge in [0.25, 0.3) is 0 Å². The van der Waals surface area contributed by atoms with Crippen LogP contribution in [0.4, 0.5) is 0 Å². The van der Waals surface area contributed by atoms with Crippen LogP contribution in [-0.2, 0) is 6.54 Å². The highest BCUT2D eigenvalue weighted by Gasteiger charge is 2.19. The zero-order chi connectivity index (χ0) is 17.9. The molecule has 0 aromatic carbocycles. The highest BCUT2D eigenvalue weighted by molar-refractivity contribution is 5.79. The van der Waals surface area contributed by atoms with Crippen molar-refractivity contribution in [2.75, 3.05) is 33.2 Å². The van der Waals surface area contributed by atoms with Gasteiger partial charge in [-0.2, -0.15) is 0 Å². The molecule has 0 spiro atoms. The number of aryl methyl sites for hydroxylation is 2. The number of unbranched alkanes of at least 4 members (excludes halogenated alkanes) is 2. The maximum atomic E-state index is 4.38. The van der Waals surface area contributed by atoms with Crippen molar-refractivity contribution in [3.05, 3.63) is 18.2 Å². The van der Waals surface area contributed by atoms with Gasteiger partial charge >= 0.3 is 0 Å². The van der Waals surface area contributed by atoms with Gasteiger partial charge in [-0.05, 0) is 45.6 Å². The first-order valence-electron chi connectivity index (χ1n) is 9.90. The molecular formula is C19H36N6. The zero-order valence-electron chi connectivity index (χ0n) is 16.3. The van der Waals surface area contributed by atoms with Gasteiger partial charge in [0.2, 0.25) is 0 Å². The Bertz CT molecular complexity index is 502. The summed E-state index contributed by atoms with van der Waals surface area (Å²) in [5.74, 6) is 2.04. The summed E-state index contributed by atoms with van der Waals surface area (Å²) in [6.45, 7) is 9.99. The largest absolute Gasteiger partial charge is 0.356 e. The minimum atomic E-state index is 0.553. The van der Waals surface area contributed by atoms with Crippen LogP contribution in [0, 0.1) is 6.92 Å². The van der Waals surface area contributed by atoms with Crippen LogP contribution in [0.3, 0.4) is 0 Å². The second kappa shape index (κ2) is 11.1. The molecule has 1 aliphatic rings. The first-order chi connectivity index (χ1) is 12.2. The van der Waals surface area contributed by atoms with E-state index in [1.165, 1.54) is 45.3 Å². The first kappa shape index (κ1) is 19.8. The minimum Gasteiger partial charge on any atom is -0.356 e. The molecule has 2 rings (SSSR count). The lowest BCUT2D eigenvalue weighted by Crippen LogP contribution is -2.48. The number of piperidine rings is 1. The van der Waals surface area contributed by atoms with E-state index in [-0.39, 0.29) is 0 Å². The minimum absolute atomic E-state index is 0.553. The van der Waals surface area contributed by atoms with Gasteiger partial charge in [-0.3, -0.25) is 4.99 Å². The summed E-state index contributed by atoms with van der Waals surface area (Å²) in [4.78, 5) is 11.2. The van der Waals surface area contributed by atoms with Crippen LogP contribution in [0.25, 0.3) is 0 Å². The number of nitrogens with zero attached hydrogens (tertiary/aromatic N) is 4. The Morgan fingerprint density at radius 1 is 1.24 bits per heavy atom. The molecule has 0 unspecified atom stereocenters. The lowest BCUT2D eigenvalue weighted by molar-refractivity contribution is 0.203. The van der Waals surface area contributed by atoms with Crippen LogP contribution in [0.5, 0.6) is 0 Å². The molecule has 0 radical (unpaired) electrons. The van der Waals surface area contributed by atoms with Gasteiger partial charge in [0.1, 0.15) is 5.82 Å². The molecule has 0 bridgehead atoms. The van der Waals surface area contributed by atoms with Gasteiger partial charge in [-0.25, -0.2) is 4.98 Å². The molecule has 0 aliphatic carbocycles. The number of likely N-dealkylation sites (tertiary alicyclic amines) is 1. The van der Waals surface area contributed by atoms with Gasteiger partial charge in [0.15, 0.2) is 5.96 Å². The molecule has 1 saturated heterocycles. The van der Waals surface area contributed by atoms with E-state index in [1.807, 2.05) is 13.2 Å². The summed E-state index contributed by atoms with van der Waals surface area (Å²) < 4.78 is 2.21. The first-order valence-corrected chi connectivity index (χ1v) is 9.90. The second-order valence-corrected chi connectivity index (χ2v) is 6.99. The number of hydrogen-bond donors (Lipinski definition) is 2. The van der Waals surface area contributed by atoms with Crippen molar-refractivity contribution in [1.29, 1.82) is 0 Å². The Morgan fingerprint density at radius 2 is 2.04 bits per heavy atom. The van der Waals surface area contributed by atoms with Crippen molar-refractivity contribution in [1.82, 2.24) is 25.1 Å². The maximum absolute atomic E-state index is 4.38. The van der Waals surface area contributed by atoms with Crippen LogP contribution in [0.1, 0.15) is 51.3 Å². The highest BCUT2D eigenvalue weighted by Crippen LogP contribution is 2.11. The number of imidazole rings is 1. The third-order valence-corrected chi connectivity index (χ3v) is 5.02. The average Bonchev–Trinajstić information content (AvgIpc) is 3.04. The number of aliphatic imine (C=N–C) groups is 1. The van der Waals surface area contributed by atoms with Crippen molar-refractivity contribution in [3.63, 3.8) is 0 Å². The predicted molar refractivity (Wildman–Crippen MR) is 105 cm³/mol. The van der Waals surface area contributed by atoms with Crippen LogP contribution >= 0.6 is 0 Å². The molecule has 1 fully saturated rings. The number of nitrogens with one attached hydrogen (secondary N) is 2. The van der Waals surface area contributed by atoms with Crippen LogP contribution in [0.15, 0.2) is 17.4 Å². The van der Waals surface area contributed by atoms with E-state index in [4.69, 9.17) is 0 Å². The Balaban J connectivity index is 1.57. The van der Waals surface area contributed by atoms with E-state index in [0.29, 0.717) is 6.04 Å². The number of rotatable bonds is 9. The summed E-state index contributed by atoms with van der Waals surface area (Å²) in [5, 5.41) is 7.05. The van der Waals surface area contributed by atoms with E-state index in [9.17, 15) is 0 Å². The smallest absolute Gasteiger partial charge is 0.191 e. The number of hydrogen-bond acceptors (Lipinski definition) is 3. The Kier molecular flexibility index (Phi) is 8.80. The molecule has 1 aliphatic heterocycles. The molecule has 2 heterocycles. The van der Waals surface area contributed by atoms with Crippen molar-refractivity contribution < 1.29 is 0 Å². The molecule has 0 atom stereocenters. The SMILES string of the molecule is CCCCN1CCC(NC(=NC)NCCCCn2ccnc2C)CC1. The molecule has 142 valence electrons. The van der Waals surface area contributed by atoms with Gasteiger partial charge in [0, 0.05) is 51.7 Å². The Hall–Kier alpha value is -1.56. The van der Waals surface area contributed by atoms with Crippen LogP contribution in [0.2, 0.25) is 0 Å². The fourth-order valence-electron chi connectivity index (χ4n) is 3.32. The molecule has 25 heavy (non-hydrogen) atoms. The monoisotopic (exact) mass is 348 g/mol. The second-order valence-electron chi connectivity index (χ2n) is 6.99. The molecule has 6 nitrogen and oxygen atoms in total. The fraction of sp³-hybridized carbons (Fsp3) is 0.789. The summed E-state index contributed by atoms with van der Waals surface area (Å²) in [6.07, 6.45) is 11.2. The third-order valence-electron chi connectivity index (χ3n) is 5.02. The van der Waals surface area contributed by atoms with Crippen molar-refractivity contribution >= 4 is 5.96 Å². The zero-order valence-corrected chi connectivity index (χ0v) is 16.3. The van der Waals surface area contributed by atoms with E-state index in [0.717, 1.165) is 37.7 Å². The summed E-state index contributed by atoms with van der Waals surface area (Å²) in [6, 6.07) is 0.553. The number of aromatic nitrogens is 2. The quantitative estimate of drug-likeness (QED) is 0.409. The summed E-state index contributed by atoms with van der Waals surface area (Å²) in [7, 11) is 1.86. The molecule has 0 saturated carbocycles.